The van der Waals surface area contributed by atoms with Gasteiger partial charge in [0.1, 0.15) is 11.0 Å². The van der Waals surface area contributed by atoms with E-state index in [2.05, 4.69) is 16.4 Å². The van der Waals surface area contributed by atoms with Crippen molar-refractivity contribution in [3.8, 4) is 6.07 Å². The van der Waals surface area contributed by atoms with Gasteiger partial charge in [-0.05, 0) is 20.8 Å². The molecule has 0 fully saturated rings. The number of hydrogen-bond acceptors (Lipinski definition) is 4. The quantitative estimate of drug-likeness (QED) is 0.802. The molecule has 0 bridgehead atoms. The van der Waals surface area contributed by atoms with Gasteiger partial charge >= 0.3 is 0 Å². The van der Waals surface area contributed by atoms with Gasteiger partial charge in [0.05, 0.1) is 6.07 Å². The first kappa shape index (κ1) is 10.2. The summed E-state index contributed by atoms with van der Waals surface area (Å²) in [5, 5.41) is 14.9. The van der Waals surface area contributed by atoms with E-state index in [9.17, 15) is 0 Å². The molecule has 0 amide bonds. The van der Waals surface area contributed by atoms with E-state index in [-0.39, 0.29) is 6.04 Å². The molecule has 70 valence electrons. The van der Waals surface area contributed by atoms with E-state index in [1.807, 2.05) is 26.2 Å². The number of nitriles is 1. The lowest BCUT2D eigenvalue weighted by Crippen LogP contribution is -2.26. The summed E-state index contributed by atoms with van der Waals surface area (Å²) in [6.45, 7) is 5.97. The Morgan fingerprint density at radius 3 is 2.69 bits per heavy atom. The highest BCUT2D eigenvalue weighted by Gasteiger charge is 2.14. The van der Waals surface area contributed by atoms with Crippen LogP contribution in [0.5, 0.6) is 0 Å². The van der Waals surface area contributed by atoms with E-state index in [0.717, 1.165) is 10.7 Å². The van der Waals surface area contributed by atoms with Gasteiger partial charge in [-0.15, -0.1) is 11.3 Å². The van der Waals surface area contributed by atoms with Crippen LogP contribution in [0, 0.1) is 18.3 Å². The van der Waals surface area contributed by atoms with Crippen molar-refractivity contribution in [2.75, 3.05) is 0 Å². The molecule has 1 heterocycles. The van der Waals surface area contributed by atoms with Gasteiger partial charge in [-0.1, -0.05) is 0 Å². The van der Waals surface area contributed by atoms with Crippen LogP contribution in [0.15, 0.2) is 5.38 Å². The van der Waals surface area contributed by atoms with Crippen molar-refractivity contribution in [1.29, 1.82) is 5.26 Å². The van der Waals surface area contributed by atoms with Gasteiger partial charge in [0.2, 0.25) is 0 Å². The Morgan fingerprint density at radius 2 is 2.31 bits per heavy atom. The van der Waals surface area contributed by atoms with E-state index in [1.54, 1.807) is 0 Å². The zero-order valence-electron chi connectivity index (χ0n) is 8.03. The molecule has 1 aromatic rings. The molecule has 0 saturated carbocycles. The van der Waals surface area contributed by atoms with E-state index < -0.39 is 0 Å². The van der Waals surface area contributed by atoms with Gasteiger partial charge in [0.25, 0.3) is 0 Å². The second-order valence-corrected chi connectivity index (χ2v) is 4.10. The summed E-state index contributed by atoms with van der Waals surface area (Å²) in [6.07, 6.45) is 0. The Labute approximate surface area is 82.4 Å². The highest BCUT2D eigenvalue weighted by atomic mass is 32.1. The SMILES string of the molecule is Cc1csc(C(C#N)NC(C)C)n1. The van der Waals surface area contributed by atoms with E-state index >= 15 is 0 Å². The van der Waals surface area contributed by atoms with Crippen molar-refractivity contribution in [1.82, 2.24) is 10.3 Å². The number of hydrogen-bond donors (Lipinski definition) is 1. The number of aryl methyl sites for hydroxylation is 1. The van der Waals surface area contributed by atoms with Crippen LogP contribution < -0.4 is 5.32 Å². The Hall–Kier alpha value is -0.920. The van der Waals surface area contributed by atoms with Crippen LogP contribution in [-0.2, 0) is 0 Å². The first-order valence-electron chi connectivity index (χ1n) is 4.21. The van der Waals surface area contributed by atoms with E-state index in [0.29, 0.717) is 6.04 Å². The molecule has 1 atom stereocenters. The number of aromatic nitrogens is 1. The minimum Gasteiger partial charge on any atom is -0.294 e. The fourth-order valence-electron chi connectivity index (χ4n) is 1.00. The van der Waals surface area contributed by atoms with Crippen molar-refractivity contribution in [3.63, 3.8) is 0 Å². The predicted octanol–water partition coefficient (Wildman–Crippen LogP) is 2.01. The molecule has 0 aliphatic heterocycles. The van der Waals surface area contributed by atoms with Crippen LogP contribution in [0.3, 0.4) is 0 Å². The number of nitrogens with zero attached hydrogens (tertiary/aromatic N) is 2. The lowest BCUT2D eigenvalue weighted by Gasteiger charge is -2.11. The summed E-state index contributed by atoms with van der Waals surface area (Å²) >= 11 is 1.53. The van der Waals surface area contributed by atoms with E-state index in [4.69, 9.17) is 5.26 Å². The maximum absolute atomic E-state index is 8.89. The average molecular weight is 195 g/mol. The predicted molar refractivity (Wildman–Crippen MR) is 53.5 cm³/mol. The fourth-order valence-corrected chi connectivity index (χ4v) is 1.80. The molecule has 0 aliphatic carbocycles. The molecule has 0 saturated heterocycles. The lowest BCUT2D eigenvalue weighted by molar-refractivity contribution is 0.544. The normalized spacial score (nSPS) is 12.8. The maximum atomic E-state index is 8.89. The third-order valence-electron chi connectivity index (χ3n) is 1.51. The molecular formula is C9H13N3S. The Kier molecular flexibility index (Phi) is 3.40. The van der Waals surface area contributed by atoms with Crippen LogP contribution in [0.1, 0.15) is 30.6 Å². The van der Waals surface area contributed by atoms with Gasteiger partial charge in [0.15, 0.2) is 0 Å². The first-order valence-corrected chi connectivity index (χ1v) is 5.09. The van der Waals surface area contributed by atoms with Crippen molar-refractivity contribution < 1.29 is 0 Å². The topological polar surface area (TPSA) is 48.7 Å². The summed E-state index contributed by atoms with van der Waals surface area (Å²) in [4.78, 5) is 4.27. The maximum Gasteiger partial charge on any atom is 0.148 e. The van der Waals surface area contributed by atoms with Gasteiger partial charge < -0.3 is 0 Å². The molecule has 1 unspecified atom stereocenters. The molecule has 0 aliphatic rings. The summed E-state index contributed by atoms with van der Waals surface area (Å²) in [7, 11) is 0. The average Bonchev–Trinajstić information content (AvgIpc) is 2.47. The minimum absolute atomic E-state index is 0.265. The molecule has 3 nitrogen and oxygen atoms in total. The monoisotopic (exact) mass is 195 g/mol. The molecule has 1 aromatic heterocycles. The molecule has 0 spiro atoms. The lowest BCUT2D eigenvalue weighted by atomic mass is 10.3. The second-order valence-electron chi connectivity index (χ2n) is 3.21. The van der Waals surface area contributed by atoms with Crippen LogP contribution >= 0.6 is 11.3 Å². The van der Waals surface area contributed by atoms with Crippen LogP contribution in [0.25, 0.3) is 0 Å². The third-order valence-corrected chi connectivity index (χ3v) is 2.54. The molecular weight excluding hydrogens is 182 g/mol. The van der Waals surface area contributed by atoms with Crippen molar-refractivity contribution in [2.45, 2.75) is 32.9 Å². The smallest absolute Gasteiger partial charge is 0.148 e. The molecule has 13 heavy (non-hydrogen) atoms. The summed E-state index contributed by atoms with van der Waals surface area (Å²) in [6, 6.07) is 2.23. The van der Waals surface area contributed by atoms with Gasteiger partial charge in [-0.2, -0.15) is 5.26 Å². The number of thiazole rings is 1. The Bertz CT molecular complexity index is 311. The molecule has 1 N–H and O–H groups in total. The highest BCUT2D eigenvalue weighted by Crippen LogP contribution is 2.17. The zero-order valence-corrected chi connectivity index (χ0v) is 8.85. The Morgan fingerprint density at radius 1 is 1.62 bits per heavy atom. The van der Waals surface area contributed by atoms with Crippen LogP contribution in [0.4, 0.5) is 0 Å². The third kappa shape index (κ3) is 2.79. The van der Waals surface area contributed by atoms with Crippen LogP contribution in [0.2, 0.25) is 0 Å². The van der Waals surface area contributed by atoms with Gasteiger partial charge in [-0.25, -0.2) is 4.98 Å². The molecule has 4 heteroatoms. The number of rotatable bonds is 3. The minimum atomic E-state index is -0.265. The van der Waals surface area contributed by atoms with Crippen molar-refractivity contribution in [2.24, 2.45) is 0 Å². The summed E-state index contributed by atoms with van der Waals surface area (Å²) in [5.74, 6) is 0. The summed E-state index contributed by atoms with van der Waals surface area (Å²) < 4.78 is 0. The second kappa shape index (κ2) is 4.35. The standard InChI is InChI=1S/C9H13N3S/c1-6(2)11-8(4-10)9-12-7(3)5-13-9/h5-6,8,11H,1-3H3. The zero-order chi connectivity index (χ0) is 9.84. The van der Waals surface area contributed by atoms with Crippen LogP contribution in [-0.4, -0.2) is 11.0 Å². The molecule has 0 aromatic carbocycles. The van der Waals surface area contributed by atoms with Crippen molar-refractivity contribution in [3.05, 3.63) is 16.1 Å². The van der Waals surface area contributed by atoms with Gasteiger partial charge in [0, 0.05) is 17.1 Å². The first-order chi connectivity index (χ1) is 6.13. The number of nitrogens with one attached hydrogen (secondary N) is 1. The Balaban J connectivity index is 2.74. The fraction of sp³-hybridized carbons (Fsp3) is 0.556. The van der Waals surface area contributed by atoms with Gasteiger partial charge in [-0.3, -0.25) is 5.32 Å². The largest absolute Gasteiger partial charge is 0.294 e. The van der Waals surface area contributed by atoms with Crippen molar-refractivity contribution >= 4 is 11.3 Å². The highest BCUT2D eigenvalue weighted by molar-refractivity contribution is 7.09. The van der Waals surface area contributed by atoms with E-state index in [1.165, 1.54) is 11.3 Å². The summed E-state index contributed by atoms with van der Waals surface area (Å²) in [5.41, 5.74) is 0.978. The molecule has 0 radical (unpaired) electrons. The molecule has 1 rings (SSSR count).